The number of ether oxygens (including phenoxy) is 2. The second kappa shape index (κ2) is 3.67. The number of hydrogen-bond donors (Lipinski definition) is 0. The summed E-state index contributed by atoms with van der Waals surface area (Å²) in [5, 5.41) is 0. The lowest BCUT2D eigenvalue weighted by Crippen LogP contribution is -2.44. The van der Waals surface area contributed by atoms with Crippen molar-refractivity contribution in [2.24, 2.45) is 0 Å². The van der Waals surface area contributed by atoms with E-state index in [-0.39, 0.29) is 24.8 Å². The lowest BCUT2D eigenvalue weighted by Gasteiger charge is -2.24. The van der Waals surface area contributed by atoms with Gasteiger partial charge in [0.1, 0.15) is 12.7 Å². The molecule has 1 aromatic carbocycles. The molecule has 88 valence electrons. The Labute approximate surface area is 98.5 Å². The first kappa shape index (κ1) is 10.5. The average molecular weight is 232 g/mol. The fourth-order valence-corrected chi connectivity index (χ4v) is 2.50. The molecule has 2 atom stereocenters. The van der Waals surface area contributed by atoms with Crippen LogP contribution in [0.2, 0.25) is 0 Å². The zero-order valence-electron chi connectivity index (χ0n) is 9.22. The maximum Gasteiger partial charge on any atom is 0.309 e. The molecule has 0 aliphatic carbocycles. The van der Waals surface area contributed by atoms with Gasteiger partial charge in [-0.15, -0.1) is 0 Å². The number of carbonyl (C=O) groups is 2. The SMILES string of the molecule is O=C1C[C@H]2OCC(=O)[C@@]2(Cc2ccccc2)O1. The van der Waals surface area contributed by atoms with Gasteiger partial charge in [0.2, 0.25) is 11.4 Å². The molecule has 17 heavy (non-hydrogen) atoms. The number of fused-ring (bicyclic) bond motifs is 1. The topological polar surface area (TPSA) is 52.6 Å². The molecule has 0 bridgehead atoms. The molecule has 0 aromatic heterocycles. The molecule has 2 fully saturated rings. The molecule has 2 aliphatic rings. The Bertz CT molecular complexity index is 468. The average Bonchev–Trinajstić information content (AvgIpc) is 2.77. The molecule has 0 radical (unpaired) electrons. The first-order valence-corrected chi connectivity index (χ1v) is 5.61. The van der Waals surface area contributed by atoms with E-state index < -0.39 is 11.7 Å². The second-order valence-corrected chi connectivity index (χ2v) is 4.45. The smallest absolute Gasteiger partial charge is 0.309 e. The van der Waals surface area contributed by atoms with Gasteiger partial charge in [0.05, 0.1) is 6.42 Å². The molecule has 1 aromatic rings. The van der Waals surface area contributed by atoms with Crippen LogP contribution >= 0.6 is 0 Å². The second-order valence-electron chi connectivity index (χ2n) is 4.45. The van der Waals surface area contributed by atoms with Crippen molar-refractivity contribution in [3.8, 4) is 0 Å². The van der Waals surface area contributed by atoms with E-state index in [1.807, 2.05) is 30.3 Å². The van der Waals surface area contributed by atoms with Gasteiger partial charge in [0, 0.05) is 6.42 Å². The first-order chi connectivity index (χ1) is 8.21. The number of esters is 1. The van der Waals surface area contributed by atoms with Crippen molar-refractivity contribution in [2.75, 3.05) is 6.61 Å². The van der Waals surface area contributed by atoms with Crippen LogP contribution in [0.3, 0.4) is 0 Å². The molecule has 0 N–H and O–H groups in total. The molecule has 4 heteroatoms. The Morgan fingerprint density at radius 2 is 2.00 bits per heavy atom. The van der Waals surface area contributed by atoms with Crippen LogP contribution < -0.4 is 0 Å². The summed E-state index contributed by atoms with van der Waals surface area (Å²) in [5.41, 5.74) is -0.0932. The van der Waals surface area contributed by atoms with Gasteiger partial charge < -0.3 is 9.47 Å². The van der Waals surface area contributed by atoms with E-state index in [4.69, 9.17) is 9.47 Å². The predicted octanol–water partition coefficient (Wildman–Crippen LogP) is 0.883. The highest BCUT2D eigenvalue weighted by atomic mass is 16.6. The number of rotatable bonds is 2. The fraction of sp³-hybridized carbons (Fsp3) is 0.385. The third-order valence-electron chi connectivity index (χ3n) is 3.37. The van der Waals surface area contributed by atoms with Crippen molar-refractivity contribution in [1.29, 1.82) is 0 Å². The van der Waals surface area contributed by atoms with Gasteiger partial charge in [0.15, 0.2) is 0 Å². The monoisotopic (exact) mass is 232 g/mol. The molecule has 2 saturated heterocycles. The van der Waals surface area contributed by atoms with Crippen LogP contribution in [0.4, 0.5) is 0 Å². The zero-order chi connectivity index (χ0) is 11.9. The summed E-state index contributed by atoms with van der Waals surface area (Å²) in [6.07, 6.45) is 0.171. The third kappa shape index (κ3) is 1.56. The molecule has 0 saturated carbocycles. The predicted molar refractivity (Wildman–Crippen MR) is 58.3 cm³/mol. The first-order valence-electron chi connectivity index (χ1n) is 5.61. The summed E-state index contributed by atoms with van der Waals surface area (Å²) in [6, 6.07) is 9.55. The van der Waals surface area contributed by atoms with Crippen molar-refractivity contribution in [1.82, 2.24) is 0 Å². The fourth-order valence-electron chi connectivity index (χ4n) is 2.50. The molecule has 2 heterocycles. The van der Waals surface area contributed by atoms with Crippen LogP contribution in [-0.4, -0.2) is 30.1 Å². The highest BCUT2D eigenvalue weighted by Gasteiger charge is 2.59. The summed E-state index contributed by atoms with van der Waals surface area (Å²) in [5.74, 6) is -0.476. The minimum atomic E-state index is -1.07. The summed E-state index contributed by atoms with van der Waals surface area (Å²) in [6.45, 7) is 0.0464. The molecule has 3 rings (SSSR count). The minimum Gasteiger partial charge on any atom is -0.448 e. The van der Waals surface area contributed by atoms with E-state index in [0.717, 1.165) is 5.56 Å². The maximum atomic E-state index is 11.9. The number of benzene rings is 1. The van der Waals surface area contributed by atoms with E-state index in [1.165, 1.54) is 0 Å². The summed E-state index contributed by atoms with van der Waals surface area (Å²) in [7, 11) is 0. The molecule has 2 aliphatic heterocycles. The lowest BCUT2D eigenvalue weighted by molar-refractivity contribution is -0.155. The summed E-state index contributed by atoms with van der Waals surface area (Å²) < 4.78 is 10.6. The van der Waals surface area contributed by atoms with Gasteiger partial charge in [-0.05, 0) is 5.56 Å². The molecular weight excluding hydrogens is 220 g/mol. The Balaban J connectivity index is 1.93. The van der Waals surface area contributed by atoms with Crippen molar-refractivity contribution < 1.29 is 19.1 Å². The number of Topliss-reactive ketones (excluding diaryl/α,β-unsaturated/α-hetero) is 1. The Morgan fingerprint density at radius 1 is 1.24 bits per heavy atom. The molecule has 0 amide bonds. The quantitative estimate of drug-likeness (QED) is 0.710. The maximum absolute atomic E-state index is 11.9. The lowest BCUT2D eigenvalue weighted by atomic mass is 9.87. The van der Waals surface area contributed by atoms with E-state index >= 15 is 0 Å². The van der Waals surface area contributed by atoms with Crippen molar-refractivity contribution in [3.05, 3.63) is 35.9 Å². The van der Waals surface area contributed by atoms with Gasteiger partial charge in [0.25, 0.3) is 0 Å². The van der Waals surface area contributed by atoms with Gasteiger partial charge >= 0.3 is 5.97 Å². The minimum absolute atomic E-state index is 0.0464. The van der Waals surface area contributed by atoms with E-state index in [0.29, 0.717) is 6.42 Å². The van der Waals surface area contributed by atoms with Crippen LogP contribution in [0.5, 0.6) is 0 Å². The molecule has 4 nitrogen and oxygen atoms in total. The van der Waals surface area contributed by atoms with Gasteiger partial charge in [-0.2, -0.15) is 0 Å². The highest BCUT2D eigenvalue weighted by Crippen LogP contribution is 2.38. The number of hydrogen-bond acceptors (Lipinski definition) is 4. The largest absolute Gasteiger partial charge is 0.448 e. The Morgan fingerprint density at radius 3 is 2.76 bits per heavy atom. The van der Waals surface area contributed by atoms with Gasteiger partial charge in [-0.25, -0.2) is 0 Å². The molecule has 0 unspecified atom stereocenters. The van der Waals surface area contributed by atoms with E-state index in [9.17, 15) is 9.59 Å². The normalized spacial score (nSPS) is 31.4. The van der Waals surface area contributed by atoms with Crippen LogP contribution in [-0.2, 0) is 25.5 Å². The van der Waals surface area contributed by atoms with Crippen molar-refractivity contribution in [2.45, 2.75) is 24.5 Å². The molecular formula is C13H12O4. The third-order valence-corrected chi connectivity index (χ3v) is 3.37. The van der Waals surface area contributed by atoms with Crippen LogP contribution in [0.25, 0.3) is 0 Å². The summed E-state index contributed by atoms with van der Waals surface area (Å²) in [4.78, 5) is 23.3. The van der Waals surface area contributed by atoms with Crippen LogP contribution in [0, 0.1) is 0 Å². The van der Waals surface area contributed by atoms with Gasteiger partial charge in [-0.1, -0.05) is 30.3 Å². The van der Waals surface area contributed by atoms with Crippen molar-refractivity contribution >= 4 is 11.8 Å². The molecule has 0 spiro atoms. The van der Waals surface area contributed by atoms with Crippen LogP contribution in [0.1, 0.15) is 12.0 Å². The van der Waals surface area contributed by atoms with E-state index in [1.54, 1.807) is 0 Å². The van der Waals surface area contributed by atoms with Crippen LogP contribution in [0.15, 0.2) is 30.3 Å². The number of ketones is 1. The number of carbonyl (C=O) groups excluding carboxylic acids is 2. The summed E-state index contributed by atoms with van der Waals surface area (Å²) >= 11 is 0. The van der Waals surface area contributed by atoms with E-state index in [2.05, 4.69) is 0 Å². The standard InChI is InChI=1S/C13H12O4/c14-10-8-16-11-6-12(15)17-13(10,11)7-9-4-2-1-3-5-9/h1-5,11H,6-8H2/t11-,13-/m1/s1. The zero-order valence-corrected chi connectivity index (χ0v) is 9.22. The van der Waals surface area contributed by atoms with Crippen molar-refractivity contribution in [3.63, 3.8) is 0 Å². The Kier molecular flexibility index (Phi) is 2.26. The highest BCUT2D eigenvalue weighted by molar-refractivity contribution is 5.96. The Hall–Kier alpha value is -1.68. The van der Waals surface area contributed by atoms with Gasteiger partial charge in [-0.3, -0.25) is 9.59 Å².